The van der Waals surface area contributed by atoms with Gasteiger partial charge in [-0.25, -0.2) is 15.0 Å². The van der Waals surface area contributed by atoms with Crippen molar-refractivity contribution in [1.29, 1.82) is 0 Å². The number of hydrogen-bond acceptors (Lipinski definition) is 5. The van der Waals surface area contributed by atoms with Gasteiger partial charge in [-0.1, -0.05) is 0 Å². The van der Waals surface area contributed by atoms with E-state index >= 15 is 0 Å². The Bertz CT molecular complexity index is 1010. The minimum Gasteiger partial charge on any atom is -0.348 e. The average molecular weight is 481 g/mol. The molecular formula is C25H40N10. The average Bonchev–Trinajstić information content (AvgIpc) is 3.61. The van der Waals surface area contributed by atoms with Crippen LogP contribution in [0.15, 0.2) is 31.0 Å². The summed E-state index contributed by atoms with van der Waals surface area (Å²) in [5.74, 6) is 1.97. The molecule has 5 heterocycles. The second-order valence-electron chi connectivity index (χ2n) is 8.29. The molecule has 0 unspecified atom stereocenters. The lowest BCUT2D eigenvalue weighted by atomic mass is 10.3. The maximum absolute atomic E-state index is 3.96. The summed E-state index contributed by atoms with van der Waals surface area (Å²) in [7, 11) is 0. The Morgan fingerprint density at radius 2 is 1.17 bits per heavy atom. The number of aryl methyl sites for hydroxylation is 10. The Morgan fingerprint density at radius 1 is 0.600 bits per heavy atom. The van der Waals surface area contributed by atoms with E-state index in [2.05, 4.69) is 50.3 Å². The number of aromatic amines is 5. The Balaban J connectivity index is 0.000000219. The van der Waals surface area contributed by atoms with Gasteiger partial charge < -0.3 is 15.0 Å². The van der Waals surface area contributed by atoms with Crippen molar-refractivity contribution in [2.45, 2.75) is 69.2 Å². The second-order valence-corrected chi connectivity index (χ2v) is 8.29. The largest absolute Gasteiger partial charge is 0.348 e. The van der Waals surface area contributed by atoms with Crippen LogP contribution in [-0.2, 0) is 0 Å². The molecule has 10 nitrogen and oxygen atoms in total. The number of rotatable bonds is 0. The molecule has 0 bridgehead atoms. The van der Waals surface area contributed by atoms with E-state index in [9.17, 15) is 0 Å². The summed E-state index contributed by atoms with van der Waals surface area (Å²) in [6.45, 7) is 19.8. The fourth-order valence-electron chi connectivity index (χ4n) is 2.48. The standard InChI is InChI=1S/5C5H8N2/c1-4-5(2)7-3-6-4;2*1-4-3-6-5(2)7-4;1-4-3-6-7-5(4)2;1-4-3-5(2)7-6-4/h5*3H,1-2H3,(H,6,7). The van der Waals surface area contributed by atoms with Crippen LogP contribution in [-0.4, -0.2) is 50.3 Å². The lowest BCUT2D eigenvalue weighted by Crippen LogP contribution is -1.71. The highest BCUT2D eigenvalue weighted by atomic mass is 15.1. The summed E-state index contributed by atoms with van der Waals surface area (Å²) in [5, 5.41) is 13.3. The molecule has 0 aliphatic rings. The van der Waals surface area contributed by atoms with Gasteiger partial charge in [0.15, 0.2) is 0 Å². The number of H-pyrrole nitrogens is 5. The highest BCUT2D eigenvalue weighted by molar-refractivity contribution is 5.10. The Kier molecular flexibility index (Phi) is 12.5. The maximum atomic E-state index is 3.96. The zero-order valence-electron chi connectivity index (χ0n) is 22.6. The smallest absolute Gasteiger partial charge is 0.103 e. The number of imidazole rings is 3. The summed E-state index contributed by atoms with van der Waals surface area (Å²) < 4.78 is 0. The maximum Gasteiger partial charge on any atom is 0.103 e. The molecule has 0 fully saturated rings. The lowest BCUT2D eigenvalue weighted by Gasteiger charge is -1.79. The van der Waals surface area contributed by atoms with Crippen LogP contribution in [0.1, 0.15) is 57.1 Å². The molecule has 0 atom stereocenters. The second kappa shape index (κ2) is 15.0. The predicted octanol–water partition coefficient (Wildman–Crippen LogP) is 5.13. The highest BCUT2D eigenvalue weighted by Gasteiger charge is 1.88. The van der Waals surface area contributed by atoms with Gasteiger partial charge in [0.2, 0.25) is 0 Å². The van der Waals surface area contributed by atoms with Gasteiger partial charge in [0.05, 0.1) is 23.9 Å². The van der Waals surface area contributed by atoms with Gasteiger partial charge in [-0.3, -0.25) is 10.2 Å². The minimum atomic E-state index is 0.984. The molecule has 0 aliphatic heterocycles. The third-order valence-corrected chi connectivity index (χ3v) is 4.66. The minimum absolute atomic E-state index is 0.984. The molecule has 0 aliphatic carbocycles. The molecule has 35 heavy (non-hydrogen) atoms. The molecule has 0 amide bonds. The van der Waals surface area contributed by atoms with Gasteiger partial charge in [0.1, 0.15) is 11.6 Å². The molecule has 10 heteroatoms. The number of nitrogens with one attached hydrogen (secondary N) is 5. The molecule has 5 aromatic rings. The lowest BCUT2D eigenvalue weighted by molar-refractivity contribution is 1.02. The van der Waals surface area contributed by atoms with E-state index in [4.69, 9.17) is 0 Å². The highest BCUT2D eigenvalue weighted by Crippen LogP contribution is 1.96. The molecule has 0 radical (unpaired) electrons. The van der Waals surface area contributed by atoms with Crippen LogP contribution in [0.5, 0.6) is 0 Å². The van der Waals surface area contributed by atoms with E-state index in [1.165, 1.54) is 5.56 Å². The van der Waals surface area contributed by atoms with Gasteiger partial charge in [0, 0.05) is 40.9 Å². The van der Waals surface area contributed by atoms with Crippen LogP contribution in [0.4, 0.5) is 0 Å². The zero-order valence-corrected chi connectivity index (χ0v) is 22.6. The summed E-state index contributed by atoms with van der Waals surface area (Å²) in [6.07, 6.45) is 7.14. The molecule has 0 saturated carbocycles. The van der Waals surface area contributed by atoms with Gasteiger partial charge in [-0.15, -0.1) is 0 Å². The molecule has 0 spiro atoms. The van der Waals surface area contributed by atoms with Gasteiger partial charge in [0.25, 0.3) is 0 Å². The van der Waals surface area contributed by atoms with Crippen molar-refractivity contribution >= 4 is 0 Å². The van der Waals surface area contributed by atoms with Crippen molar-refractivity contribution in [3.8, 4) is 0 Å². The summed E-state index contributed by atoms with van der Waals surface area (Å²) >= 11 is 0. The molecule has 5 aromatic heterocycles. The van der Waals surface area contributed by atoms with Crippen molar-refractivity contribution in [2.24, 2.45) is 0 Å². The van der Waals surface area contributed by atoms with Crippen LogP contribution in [0.25, 0.3) is 0 Å². The first-order chi connectivity index (χ1) is 16.5. The Morgan fingerprint density at radius 3 is 1.29 bits per heavy atom. The number of aromatic nitrogens is 10. The van der Waals surface area contributed by atoms with Crippen molar-refractivity contribution in [2.75, 3.05) is 0 Å². The number of hydrogen-bond donors (Lipinski definition) is 5. The van der Waals surface area contributed by atoms with Gasteiger partial charge >= 0.3 is 0 Å². The quantitative estimate of drug-likeness (QED) is 0.209. The van der Waals surface area contributed by atoms with Crippen molar-refractivity contribution in [3.05, 3.63) is 88.1 Å². The third kappa shape index (κ3) is 12.8. The van der Waals surface area contributed by atoms with Crippen LogP contribution in [0.2, 0.25) is 0 Å². The van der Waals surface area contributed by atoms with Gasteiger partial charge in [-0.05, 0) is 80.9 Å². The monoisotopic (exact) mass is 480 g/mol. The van der Waals surface area contributed by atoms with E-state index in [1.54, 1.807) is 6.33 Å². The van der Waals surface area contributed by atoms with E-state index in [-0.39, 0.29) is 0 Å². The summed E-state index contributed by atoms with van der Waals surface area (Å²) in [6, 6.07) is 2.00. The first-order valence-corrected chi connectivity index (χ1v) is 11.4. The van der Waals surface area contributed by atoms with E-state index < -0.39 is 0 Å². The van der Waals surface area contributed by atoms with E-state index in [0.29, 0.717) is 0 Å². The van der Waals surface area contributed by atoms with Crippen LogP contribution >= 0.6 is 0 Å². The van der Waals surface area contributed by atoms with Crippen LogP contribution in [0, 0.1) is 69.2 Å². The fraction of sp³-hybridized carbons (Fsp3) is 0.400. The predicted molar refractivity (Wildman–Crippen MR) is 140 cm³/mol. The Hall–Kier alpha value is -3.95. The summed E-state index contributed by atoms with van der Waals surface area (Å²) in [4.78, 5) is 20.9. The fourth-order valence-corrected chi connectivity index (χ4v) is 2.48. The first-order valence-electron chi connectivity index (χ1n) is 11.4. The topological polar surface area (TPSA) is 143 Å². The third-order valence-electron chi connectivity index (χ3n) is 4.66. The Labute approximate surface area is 207 Å². The molecule has 0 aromatic carbocycles. The van der Waals surface area contributed by atoms with Crippen molar-refractivity contribution < 1.29 is 0 Å². The van der Waals surface area contributed by atoms with E-state index in [1.807, 2.05) is 93.9 Å². The molecular weight excluding hydrogens is 440 g/mol. The van der Waals surface area contributed by atoms with Gasteiger partial charge in [-0.2, -0.15) is 10.2 Å². The number of nitrogens with zero attached hydrogens (tertiary/aromatic N) is 5. The molecule has 5 rings (SSSR count). The molecule has 0 saturated heterocycles. The molecule has 190 valence electrons. The van der Waals surface area contributed by atoms with Crippen molar-refractivity contribution in [3.63, 3.8) is 0 Å². The van der Waals surface area contributed by atoms with Crippen molar-refractivity contribution in [1.82, 2.24) is 50.3 Å². The van der Waals surface area contributed by atoms with Crippen LogP contribution in [0.3, 0.4) is 0 Å². The van der Waals surface area contributed by atoms with E-state index in [0.717, 1.165) is 51.5 Å². The molecule has 5 N–H and O–H groups in total. The van der Waals surface area contributed by atoms with Crippen LogP contribution < -0.4 is 0 Å². The zero-order chi connectivity index (χ0) is 26.4. The summed E-state index contributed by atoms with van der Waals surface area (Å²) in [5.41, 5.74) is 9.03. The first kappa shape index (κ1) is 29.1. The SMILES string of the molecule is Cc1cc(C)[nH]n1.Cc1cn[nH]c1C.Cc1cnc(C)[nH]1.Cc1cnc(C)[nH]1.Cc1nc[nH]c1C. The normalized spacial score (nSPS) is 9.43.